The van der Waals surface area contributed by atoms with Crippen molar-refractivity contribution < 1.29 is 9.53 Å². The van der Waals surface area contributed by atoms with Gasteiger partial charge in [-0.1, -0.05) is 48.3 Å². The van der Waals surface area contributed by atoms with E-state index in [1.165, 1.54) is 0 Å². The van der Waals surface area contributed by atoms with Gasteiger partial charge in [0.2, 0.25) is 0 Å². The molecule has 0 saturated carbocycles. The quantitative estimate of drug-likeness (QED) is 0.514. The minimum Gasteiger partial charge on any atom is -0.480 e. The normalized spacial score (nSPS) is 11.9. The zero-order valence-electron chi connectivity index (χ0n) is 15.9. The molecular weight excluding hydrogens is 401 g/mol. The largest absolute Gasteiger partial charge is 0.480 e. The van der Waals surface area contributed by atoms with Crippen molar-refractivity contribution in [3.8, 4) is 5.75 Å². The maximum absolute atomic E-state index is 12.4. The Balaban J connectivity index is 1.76. The van der Waals surface area contributed by atoms with Crippen molar-refractivity contribution in [3.05, 3.63) is 63.1 Å². The monoisotopic (exact) mass is 425 g/mol. The molecule has 0 unspecified atom stereocenters. The zero-order valence-corrected chi connectivity index (χ0v) is 18.2. The molecule has 0 aliphatic carbocycles. The Hall–Kier alpha value is -1.36. The van der Waals surface area contributed by atoms with E-state index in [2.05, 4.69) is 5.32 Å². The average Bonchev–Trinajstić information content (AvgIpc) is 2.64. The number of benzene rings is 2. The van der Waals surface area contributed by atoms with E-state index < -0.39 is 6.10 Å². The van der Waals surface area contributed by atoms with E-state index in [0.29, 0.717) is 23.0 Å². The second kappa shape index (κ2) is 10.8. The Kier molecular flexibility index (Phi) is 8.81. The second-order valence-corrected chi connectivity index (χ2v) is 8.30. The van der Waals surface area contributed by atoms with Crippen LogP contribution in [-0.4, -0.2) is 24.3 Å². The number of carbonyl (C=O) groups excluding carboxylic acids is 1. The van der Waals surface area contributed by atoms with Gasteiger partial charge >= 0.3 is 0 Å². The van der Waals surface area contributed by atoms with Crippen LogP contribution in [0.15, 0.2) is 36.4 Å². The van der Waals surface area contributed by atoms with Crippen molar-refractivity contribution in [1.82, 2.24) is 5.32 Å². The lowest BCUT2D eigenvalue weighted by molar-refractivity contribution is -0.128. The number of rotatable bonds is 9. The molecule has 1 atom stereocenters. The highest BCUT2D eigenvalue weighted by Crippen LogP contribution is 2.24. The molecule has 2 rings (SSSR count). The van der Waals surface area contributed by atoms with E-state index >= 15 is 0 Å². The number of hydrogen-bond donors (Lipinski definition) is 1. The zero-order chi connectivity index (χ0) is 19.8. The molecule has 1 N–H and O–H groups in total. The average molecular weight is 426 g/mol. The number of nitrogens with one attached hydrogen (secondary N) is 1. The van der Waals surface area contributed by atoms with Crippen molar-refractivity contribution in [2.45, 2.75) is 39.0 Å². The topological polar surface area (TPSA) is 38.3 Å². The highest BCUT2D eigenvalue weighted by atomic mass is 35.5. The summed E-state index contributed by atoms with van der Waals surface area (Å²) in [5.74, 6) is 2.33. The summed E-state index contributed by atoms with van der Waals surface area (Å²) >= 11 is 13.7. The third-order valence-electron chi connectivity index (χ3n) is 4.07. The molecule has 146 valence electrons. The Morgan fingerprint density at radius 3 is 2.63 bits per heavy atom. The summed E-state index contributed by atoms with van der Waals surface area (Å²) in [6, 6.07) is 11.7. The second-order valence-electron chi connectivity index (χ2n) is 6.38. The van der Waals surface area contributed by atoms with Gasteiger partial charge in [-0.2, -0.15) is 11.8 Å². The first-order valence-electron chi connectivity index (χ1n) is 8.94. The van der Waals surface area contributed by atoms with E-state index in [4.69, 9.17) is 27.9 Å². The molecule has 0 aromatic heterocycles. The van der Waals surface area contributed by atoms with Crippen LogP contribution in [0.4, 0.5) is 0 Å². The molecule has 0 aliphatic rings. The maximum atomic E-state index is 12.4. The van der Waals surface area contributed by atoms with Crippen LogP contribution in [0.1, 0.15) is 30.0 Å². The summed E-state index contributed by atoms with van der Waals surface area (Å²) in [6.07, 6.45) is 0.140. The van der Waals surface area contributed by atoms with Crippen LogP contribution < -0.4 is 10.1 Å². The first kappa shape index (κ1) is 21.9. The molecule has 1 amide bonds. The summed E-state index contributed by atoms with van der Waals surface area (Å²) in [5.41, 5.74) is 3.26. The molecule has 27 heavy (non-hydrogen) atoms. The molecule has 0 aliphatic heterocycles. The molecule has 6 heteroatoms. The molecule has 0 heterocycles. The molecule has 0 bridgehead atoms. The van der Waals surface area contributed by atoms with Crippen molar-refractivity contribution in [3.63, 3.8) is 0 Å². The Morgan fingerprint density at radius 2 is 1.93 bits per heavy atom. The van der Waals surface area contributed by atoms with Crippen LogP contribution in [0.25, 0.3) is 0 Å². The molecule has 0 spiro atoms. The van der Waals surface area contributed by atoms with Gasteiger partial charge < -0.3 is 10.1 Å². The first-order valence-corrected chi connectivity index (χ1v) is 10.8. The lowest BCUT2D eigenvalue weighted by Crippen LogP contribution is -2.39. The summed E-state index contributed by atoms with van der Waals surface area (Å²) in [5, 5.41) is 4.09. The summed E-state index contributed by atoms with van der Waals surface area (Å²) < 4.78 is 5.94. The smallest absolute Gasteiger partial charge is 0.261 e. The first-order chi connectivity index (χ1) is 12.9. The molecular formula is C21H25Cl2NO2S. The molecule has 0 saturated heterocycles. The van der Waals surface area contributed by atoms with E-state index in [-0.39, 0.29) is 5.91 Å². The van der Waals surface area contributed by atoms with Gasteiger partial charge in [-0.15, -0.1) is 0 Å². The molecule has 0 radical (unpaired) electrons. The molecule has 2 aromatic carbocycles. The fourth-order valence-electron chi connectivity index (χ4n) is 2.49. The molecule has 0 fully saturated rings. The van der Waals surface area contributed by atoms with Gasteiger partial charge in [-0.25, -0.2) is 0 Å². The van der Waals surface area contributed by atoms with Gasteiger partial charge in [0.1, 0.15) is 5.75 Å². The highest BCUT2D eigenvalue weighted by Gasteiger charge is 2.18. The summed E-state index contributed by atoms with van der Waals surface area (Å²) in [4.78, 5) is 12.4. The minimum absolute atomic E-state index is 0.0754. The van der Waals surface area contributed by atoms with Gasteiger partial charge in [0.05, 0.1) is 10.0 Å². The van der Waals surface area contributed by atoms with Crippen LogP contribution in [-0.2, 0) is 10.5 Å². The highest BCUT2D eigenvalue weighted by molar-refractivity contribution is 7.98. The third-order valence-corrected chi connectivity index (χ3v) is 5.84. The number of amides is 1. The van der Waals surface area contributed by atoms with Gasteiger partial charge in [0.25, 0.3) is 5.91 Å². The summed E-state index contributed by atoms with van der Waals surface area (Å²) in [7, 11) is 0. The third kappa shape index (κ3) is 6.95. The fraction of sp³-hybridized carbons (Fsp3) is 0.381. The van der Waals surface area contributed by atoms with Crippen molar-refractivity contribution >= 4 is 40.9 Å². The van der Waals surface area contributed by atoms with E-state index in [0.717, 1.165) is 33.9 Å². The predicted molar refractivity (Wildman–Crippen MR) is 116 cm³/mol. The van der Waals surface area contributed by atoms with Gasteiger partial charge in [0.15, 0.2) is 6.10 Å². The lowest BCUT2D eigenvalue weighted by Gasteiger charge is -2.19. The van der Waals surface area contributed by atoms with Gasteiger partial charge in [-0.05, 0) is 55.2 Å². The number of ether oxygens (including phenoxy) is 1. The minimum atomic E-state index is -0.481. The van der Waals surface area contributed by atoms with Gasteiger partial charge in [0, 0.05) is 18.1 Å². The number of thioether (sulfide) groups is 1. The van der Waals surface area contributed by atoms with Crippen LogP contribution in [0.3, 0.4) is 0 Å². The molecule has 3 nitrogen and oxygen atoms in total. The van der Waals surface area contributed by atoms with E-state index in [9.17, 15) is 4.79 Å². The van der Waals surface area contributed by atoms with Crippen molar-refractivity contribution in [2.75, 3.05) is 12.3 Å². The van der Waals surface area contributed by atoms with E-state index in [1.54, 1.807) is 17.8 Å². The summed E-state index contributed by atoms with van der Waals surface area (Å²) in [6.45, 7) is 6.54. The lowest BCUT2D eigenvalue weighted by atomic mass is 10.1. The van der Waals surface area contributed by atoms with Gasteiger partial charge in [-0.3, -0.25) is 4.79 Å². The van der Waals surface area contributed by atoms with Crippen molar-refractivity contribution in [2.24, 2.45) is 0 Å². The fourth-order valence-corrected chi connectivity index (χ4v) is 3.62. The SMILES string of the molecule is CC[C@H](Oc1cc(C)ccc1C)C(=O)NCCSCc1ccc(Cl)c(Cl)c1. The predicted octanol–water partition coefficient (Wildman–Crippen LogP) is 5.82. The number of hydrogen-bond acceptors (Lipinski definition) is 3. The van der Waals surface area contributed by atoms with Crippen LogP contribution in [0.2, 0.25) is 10.0 Å². The maximum Gasteiger partial charge on any atom is 0.261 e. The van der Waals surface area contributed by atoms with Crippen LogP contribution in [0, 0.1) is 13.8 Å². The Bertz CT molecular complexity index is 783. The standard InChI is InChI=1S/C21H25Cl2NO2S/c1-4-19(26-20-11-14(2)5-6-15(20)3)21(25)24-9-10-27-13-16-7-8-17(22)18(23)12-16/h5-8,11-12,19H,4,9-10,13H2,1-3H3,(H,24,25)/t19-/m0/s1. The number of carbonyl (C=O) groups is 1. The number of halogens is 2. The number of aryl methyl sites for hydroxylation is 2. The molecule has 2 aromatic rings. The Morgan fingerprint density at radius 1 is 1.15 bits per heavy atom. The van der Waals surface area contributed by atoms with Crippen LogP contribution >= 0.6 is 35.0 Å². The Labute approximate surface area is 175 Å². The van der Waals surface area contributed by atoms with Crippen LogP contribution in [0.5, 0.6) is 5.75 Å². The van der Waals surface area contributed by atoms with Crippen molar-refractivity contribution in [1.29, 1.82) is 0 Å². The van der Waals surface area contributed by atoms with E-state index in [1.807, 2.05) is 51.1 Å².